The van der Waals surface area contributed by atoms with E-state index in [1.54, 1.807) is 18.2 Å². The fourth-order valence-corrected chi connectivity index (χ4v) is 3.24. The van der Waals surface area contributed by atoms with Crippen molar-refractivity contribution >= 4 is 39.5 Å². The van der Waals surface area contributed by atoms with Gasteiger partial charge in [0.2, 0.25) is 5.88 Å². The number of aliphatic hydroxyl groups excluding tert-OH is 1. The standard InChI is InChI=1S/C14H12ClN3O3S/c15-7-2-3-9-8(6-7)10(12(20)17-9)11-13(21)18-14(22-11)16-4-1-5-19/h2-3,6,19,21H,1,4-5H2,(H,16,18). The first-order valence-corrected chi connectivity index (χ1v) is 7.77. The second-order valence-corrected chi connectivity index (χ2v) is 6.06. The molecule has 1 aliphatic heterocycles. The van der Waals surface area contributed by atoms with Crippen LogP contribution >= 0.6 is 22.9 Å². The minimum absolute atomic E-state index is 0.0673. The van der Waals surface area contributed by atoms with Crippen LogP contribution in [0.2, 0.25) is 5.02 Å². The first-order chi connectivity index (χ1) is 10.6. The number of aromatic nitrogens is 1. The van der Waals surface area contributed by atoms with E-state index in [-0.39, 0.29) is 12.5 Å². The van der Waals surface area contributed by atoms with Gasteiger partial charge in [-0.2, -0.15) is 4.98 Å². The van der Waals surface area contributed by atoms with Crippen LogP contribution in [0.15, 0.2) is 23.2 Å². The highest BCUT2D eigenvalue weighted by Crippen LogP contribution is 2.33. The van der Waals surface area contributed by atoms with Gasteiger partial charge in [-0.3, -0.25) is 4.79 Å². The van der Waals surface area contributed by atoms with Gasteiger partial charge in [0.25, 0.3) is 5.91 Å². The maximum Gasteiger partial charge on any atom is 0.279 e. The van der Waals surface area contributed by atoms with E-state index in [1.165, 1.54) is 11.3 Å². The van der Waals surface area contributed by atoms with E-state index in [4.69, 9.17) is 16.7 Å². The molecule has 1 aromatic carbocycles. The number of aromatic hydroxyl groups is 1. The van der Waals surface area contributed by atoms with Crippen molar-refractivity contribution in [2.75, 3.05) is 18.5 Å². The lowest BCUT2D eigenvalue weighted by Crippen LogP contribution is -2.22. The molecule has 6 nitrogen and oxygen atoms in total. The predicted molar refractivity (Wildman–Crippen MR) is 83.7 cm³/mol. The molecule has 3 rings (SSSR count). The molecular weight excluding hydrogens is 326 g/mol. The molecule has 22 heavy (non-hydrogen) atoms. The van der Waals surface area contributed by atoms with Gasteiger partial charge in [-0.05, 0) is 24.6 Å². The minimum Gasteiger partial charge on any atom is -0.492 e. The van der Waals surface area contributed by atoms with Gasteiger partial charge < -0.3 is 15.5 Å². The molecule has 0 bridgehead atoms. The molecule has 8 heteroatoms. The highest BCUT2D eigenvalue weighted by atomic mass is 35.5. The number of carbonyl (C=O) groups is 1. The number of carbonyl (C=O) groups excluding carboxylic acids is 1. The molecule has 0 spiro atoms. The summed E-state index contributed by atoms with van der Waals surface area (Å²) in [4.78, 5) is 20.4. The van der Waals surface area contributed by atoms with Gasteiger partial charge in [0.1, 0.15) is 4.88 Å². The molecule has 114 valence electrons. The number of aliphatic hydroxyl groups is 1. The summed E-state index contributed by atoms with van der Waals surface area (Å²) in [5.41, 5.74) is 0.308. The normalized spacial score (nSPS) is 13.2. The molecule has 0 fully saturated rings. The summed E-state index contributed by atoms with van der Waals surface area (Å²) < 4.78 is 0. The summed E-state index contributed by atoms with van der Waals surface area (Å²) in [5, 5.41) is 23.9. The Bertz CT molecular complexity index is 863. The molecule has 2 heterocycles. The monoisotopic (exact) mass is 337 g/mol. The quantitative estimate of drug-likeness (QED) is 0.697. The Kier molecular flexibility index (Phi) is 4.10. The van der Waals surface area contributed by atoms with E-state index in [9.17, 15) is 9.90 Å². The second kappa shape index (κ2) is 6.04. The topological polar surface area (TPSA) is 94.8 Å². The van der Waals surface area contributed by atoms with Crippen molar-refractivity contribution in [3.63, 3.8) is 0 Å². The van der Waals surface area contributed by atoms with Gasteiger partial charge >= 0.3 is 0 Å². The SMILES string of the molecule is O=C1N=c2ccc(Cl)cc2=C1c1sc(NCCCO)nc1O. The van der Waals surface area contributed by atoms with Crippen molar-refractivity contribution in [3.8, 4) is 5.88 Å². The maximum atomic E-state index is 12.1. The Labute approximate surface area is 134 Å². The van der Waals surface area contributed by atoms with Crippen LogP contribution in [0.1, 0.15) is 11.3 Å². The van der Waals surface area contributed by atoms with Gasteiger partial charge in [-0.1, -0.05) is 22.9 Å². The molecule has 1 aromatic heterocycles. The van der Waals surface area contributed by atoms with E-state index in [1.807, 2.05) is 0 Å². The number of thiazole rings is 1. The number of anilines is 1. The third-order valence-corrected chi connectivity index (χ3v) is 4.37. The maximum absolute atomic E-state index is 12.1. The van der Waals surface area contributed by atoms with E-state index >= 15 is 0 Å². The Morgan fingerprint density at radius 1 is 1.36 bits per heavy atom. The van der Waals surface area contributed by atoms with Crippen molar-refractivity contribution in [3.05, 3.63) is 38.7 Å². The summed E-state index contributed by atoms with van der Waals surface area (Å²) >= 11 is 7.14. The first-order valence-electron chi connectivity index (χ1n) is 6.58. The number of nitrogens with zero attached hydrogens (tertiary/aromatic N) is 2. The molecule has 1 aliphatic rings. The molecule has 2 aromatic rings. The van der Waals surface area contributed by atoms with Crippen molar-refractivity contribution in [1.82, 2.24) is 4.98 Å². The zero-order chi connectivity index (χ0) is 15.7. The van der Waals surface area contributed by atoms with Gasteiger partial charge in [0.15, 0.2) is 5.13 Å². The summed E-state index contributed by atoms with van der Waals surface area (Å²) in [6.45, 7) is 0.594. The predicted octanol–water partition coefficient (Wildman–Crippen LogP) is 0.655. The number of benzene rings is 1. The Balaban J connectivity index is 2.06. The number of amides is 1. The lowest BCUT2D eigenvalue weighted by Gasteiger charge is -1.98. The number of nitrogens with one attached hydrogen (secondary N) is 1. The fourth-order valence-electron chi connectivity index (χ4n) is 2.13. The highest BCUT2D eigenvalue weighted by molar-refractivity contribution is 7.17. The Hall–Kier alpha value is -1.96. The number of fused-ring (bicyclic) bond motifs is 1. The lowest BCUT2D eigenvalue weighted by molar-refractivity contribution is -0.112. The molecule has 0 saturated carbocycles. The summed E-state index contributed by atoms with van der Waals surface area (Å²) in [7, 11) is 0. The average Bonchev–Trinajstić information content (AvgIpc) is 2.98. The van der Waals surface area contributed by atoms with E-state index < -0.39 is 5.91 Å². The van der Waals surface area contributed by atoms with Crippen molar-refractivity contribution in [2.45, 2.75) is 6.42 Å². The fraction of sp³-hybridized carbons (Fsp3) is 0.214. The number of hydrogen-bond acceptors (Lipinski definition) is 6. The van der Waals surface area contributed by atoms with Crippen LogP contribution in [-0.2, 0) is 4.79 Å². The smallest absolute Gasteiger partial charge is 0.279 e. The van der Waals surface area contributed by atoms with E-state index in [2.05, 4.69) is 15.3 Å². The van der Waals surface area contributed by atoms with Crippen LogP contribution in [0, 0.1) is 0 Å². The van der Waals surface area contributed by atoms with E-state index in [0.717, 1.165) is 0 Å². The molecule has 0 aliphatic carbocycles. The second-order valence-electron chi connectivity index (χ2n) is 4.63. The summed E-state index contributed by atoms with van der Waals surface area (Å²) in [6, 6.07) is 4.98. The summed E-state index contributed by atoms with van der Waals surface area (Å²) in [6.07, 6.45) is 0.568. The van der Waals surface area contributed by atoms with Gasteiger partial charge in [0, 0.05) is 23.4 Å². The Morgan fingerprint density at radius 3 is 2.95 bits per heavy atom. The summed E-state index contributed by atoms with van der Waals surface area (Å²) in [5.74, 6) is -0.638. The molecule has 0 unspecified atom stereocenters. The third kappa shape index (κ3) is 2.70. The Morgan fingerprint density at radius 2 is 2.18 bits per heavy atom. The van der Waals surface area contributed by atoms with Crippen LogP contribution in [0.25, 0.3) is 5.57 Å². The molecule has 3 N–H and O–H groups in total. The van der Waals surface area contributed by atoms with Crippen molar-refractivity contribution in [2.24, 2.45) is 4.99 Å². The molecule has 0 radical (unpaired) electrons. The molecular formula is C14H12ClN3O3S. The van der Waals surface area contributed by atoms with Gasteiger partial charge in [0.05, 0.1) is 10.9 Å². The highest BCUT2D eigenvalue weighted by Gasteiger charge is 2.24. The zero-order valence-corrected chi connectivity index (χ0v) is 12.9. The molecule has 1 amide bonds. The number of hydrogen-bond donors (Lipinski definition) is 3. The van der Waals surface area contributed by atoms with Crippen molar-refractivity contribution < 1.29 is 15.0 Å². The largest absolute Gasteiger partial charge is 0.492 e. The molecule has 0 atom stereocenters. The van der Waals surface area contributed by atoms with Crippen LogP contribution in [-0.4, -0.2) is 34.3 Å². The van der Waals surface area contributed by atoms with Crippen LogP contribution in [0.3, 0.4) is 0 Å². The molecule has 0 saturated heterocycles. The zero-order valence-electron chi connectivity index (χ0n) is 11.3. The third-order valence-electron chi connectivity index (χ3n) is 3.11. The lowest BCUT2D eigenvalue weighted by atomic mass is 10.1. The average molecular weight is 338 g/mol. The van der Waals surface area contributed by atoms with Crippen LogP contribution in [0.5, 0.6) is 5.88 Å². The van der Waals surface area contributed by atoms with Crippen molar-refractivity contribution in [1.29, 1.82) is 0 Å². The number of rotatable bonds is 5. The van der Waals surface area contributed by atoms with Crippen LogP contribution in [0.4, 0.5) is 5.13 Å². The van der Waals surface area contributed by atoms with E-state index in [0.29, 0.717) is 44.1 Å². The minimum atomic E-state index is -0.418. The number of halogens is 1. The van der Waals surface area contributed by atoms with Crippen LogP contribution < -0.4 is 15.9 Å². The first kappa shape index (κ1) is 15.0. The van der Waals surface area contributed by atoms with Gasteiger partial charge in [-0.25, -0.2) is 4.99 Å². The van der Waals surface area contributed by atoms with Gasteiger partial charge in [-0.15, -0.1) is 0 Å².